The predicted molar refractivity (Wildman–Crippen MR) is 115 cm³/mol. The maximum atomic E-state index is 12.9. The first-order valence-corrected chi connectivity index (χ1v) is 11.0. The van der Waals surface area contributed by atoms with Crippen LogP contribution in [-0.4, -0.2) is 30.7 Å². The molecule has 0 fully saturated rings. The first-order valence-electron chi connectivity index (χ1n) is 9.13. The Morgan fingerprint density at radius 2 is 1.82 bits per heavy atom. The number of sulfonamides is 1. The third-order valence-corrected chi connectivity index (χ3v) is 6.00. The number of nitrogens with zero attached hydrogens (tertiary/aromatic N) is 2. The largest absolute Gasteiger partial charge is 0.573 e. The van der Waals surface area contributed by atoms with Crippen LogP contribution in [0.1, 0.15) is 12.6 Å². The van der Waals surface area contributed by atoms with Gasteiger partial charge in [-0.25, -0.2) is 13.4 Å². The van der Waals surface area contributed by atoms with Crippen LogP contribution < -0.4 is 14.8 Å². The lowest BCUT2D eigenvalue weighted by molar-refractivity contribution is -0.274. The van der Waals surface area contributed by atoms with Crippen molar-refractivity contribution in [2.75, 3.05) is 10.0 Å². The monoisotopic (exact) mass is 500 g/mol. The molecule has 0 saturated heterocycles. The number of halogens is 4. The average molecular weight is 501 g/mol. The molecule has 2 heterocycles. The molecule has 0 unspecified atom stereocenters. The van der Waals surface area contributed by atoms with Gasteiger partial charge >= 0.3 is 6.36 Å². The minimum atomic E-state index is -4.95. The van der Waals surface area contributed by atoms with E-state index in [-0.39, 0.29) is 11.6 Å². The molecule has 0 aliphatic heterocycles. The Labute approximate surface area is 191 Å². The van der Waals surface area contributed by atoms with Crippen molar-refractivity contribution in [1.29, 1.82) is 0 Å². The van der Waals surface area contributed by atoms with Gasteiger partial charge in [-0.15, -0.1) is 13.2 Å². The summed E-state index contributed by atoms with van der Waals surface area (Å²) in [5.74, 6) is -0.659. The molecular weight excluding hydrogens is 485 g/mol. The normalized spacial score (nSPS) is 11.7. The van der Waals surface area contributed by atoms with Crippen LogP contribution in [0.5, 0.6) is 5.75 Å². The van der Waals surface area contributed by atoms with Crippen molar-refractivity contribution in [1.82, 2.24) is 9.97 Å². The molecular formula is C20H16ClF3N4O4S. The van der Waals surface area contributed by atoms with Gasteiger partial charge in [-0.2, -0.15) is 0 Å². The van der Waals surface area contributed by atoms with E-state index in [1.165, 1.54) is 25.4 Å². The Morgan fingerprint density at radius 1 is 1.09 bits per heavy atom. The van der Waals surface area contributed by atoms with Crippen molar-refractivity contribution >= 4 is 39.0 Å². The molecule has 174 valence electrons. The van der Waals surface area contributed by atoms with Crippen LogP contribution >= 0.6 is 11.6 Å². The summed E-state index contributed by atoms with van der Waals surface area (Å²) in [6, 6.07) is 7.25. The number of hydrogen-bond donors (Lipinski definition) is 2. The molecule has 0 spiro atoms. The fourth-order valence-corrected chi connectivity index (χ4v) is 4.39. The summed E-state index contributed by atoms with van der Waals surface area (Å²) in [7, 11) is -4.28. The minimum absolute atomic E-state index is 0.122. The van der Waals surface area contributed by atoms with Gasteiger partial charge in [-0.1, -0.05) is 11.6 Å². The second-order valence-electron chi connectivity index (χ2n) is 6.71. The number of pyridine rings is 2. The molecule has 3 rings (SSSR count). The second kappa shape index (κ2) is 9.24. The van der Waals surface area contributed by atoms with Gasteiger partial charge in [0.25, 0.3) is 10.0 Å². The van der Waals surface area contributed by atoms with E-state index in [1.807, 2.05) is 0 Å². The molecule has 3 aromatic rings. The first kappa shape index (κ1) is 24.3. The van der Waals surface area contributed by atoms with Crippen molar-refractivity contribution in [2.24, 2.45) is 0 Å². The Hall–Kier alpha value is -3.38. The maximum absolute atomic E-state index is 12.9. The Bertz CT molecular complexity index is 1320. The molecule has 0 radical (unpaired) electrons. The maximum Gasteiger partial charge on any atom is 0.573 e. The van der Waals surface area contributed by atoms with Crippen molar-refractivity contribution < 1.29 is 31.1 Å². The quantitative estimate of drug-likeness (QED) is 0.505. The zero-order valence-electron chi connectivity index (χ0n) is 17.1. The molecule has 2 aromatic heterocycles. The van der Waals surface area contributed by atoms with E-state index in [9.17, 15) is 26.4 Å². The van der Waals surface area contributed by atoms with E-state index in [0.717, 1.165) is 18.2 Å². The first-order chi connectivity index (χ1) is 15.3. The van der Waals surface area contributed by atoms with Crippen LogP contribution in [0.4, 0.5) is 24.7 Å². The number of benzene rings is 1. The fourth-order valence-electron chi connectivity index (χ4n) is 2.75. The Morgan fingerprint density at radius 3 is 2.45 bits per heavy atom. The van der Waals surface area contributed by atoms with Gasteiger partial charge in [-0.05, 0) is 42.8 Å². The summed E-state index contributed by atoms with van der Waals surface area (Å²) in [6.45, 7) is 2.90. The third-order valence-electron chi connectivity index (χ3n) is 4.16. The molecule has 1 aromatic carbocycles. The highest BCUT2D eigenvalue weighted by atomic mass is 35.5. The van der Waals surface area contributed by atoms with Gasteiger partial charge in [0.05, 0.1) is 16.4 Å². The van der Waals surface area contributed by atoms with Crippen LogP contribution in [0.3, 0.4) is 0 Å². The number of anilines is 2. The van der Waals surface area contributed by atoms with Crippen molar-refractivity contribution in [3.8, 4) is 16.9 Å². The molecule has 0 saturated carbocycles. The number of carbonyl (C=O) groups excluding carboxylic acids is 1. The van der Waals surface area contributed by atoms with Crippen LogP contribution in [-0.2, 0) is 14.8 Å². The number of ether oxygens (including phenoxy) is 1. The Balaban J connectivity index is 1.91. The fraction of sp³-hybridized carbons (Fsp3) is 0.150. The van der Waals surface area contributed by atoms with Crippen molar-refractivity contribution in [3.05, 3.63) is 59.5 Å². The standard InChI is InChI=1S/C20H16ClF3N4O4S/c1-11-17(7-14(10-26-11)13-5-6-25-19(8-13)27-12(2)29)28-33(30,31)18-4-3-15(9-16(18)21)32-20(22,23)24/h3-10,28H,1-2H3,(H,25,27,29). The number of nitrogens with one attached hydrogen (secondary N) is 2. The third kappa shape index (κ3) is 6.33. The van der Waals surface area contributed by atoms with E-state index in [2.05, 4.69) is 24.7 Å². The summed E-state index contributed by atoms with van der Waals surface area (Å²) in [5.41, 5.74) is 1.59. The lowest BCUT2D eigenvalue weighted by Crippen LogP contribution is -2.18. The molecule has 8 nitrogen and oxygen atoms in total. The van der Waals surface area contributed by atoms with Gasteiger partial charge in [0.2, 0.25) is 5.91 Å². The van der Waals surface area contributed by atoms with Crippen molar-refractivity contribution in [3.63, 3.8) is 0 Å². The smallest absolute Gasteiger partial charge is 0.406 e. The molecule has 33 heavy (non-hydrogen) atoms. The van der Waals surface area contributed by atoms with Gasteiger partial charge < -0.3 is 10.1 Å². The summed E-state index contributed by atoms with van der Waals surface area (Å²) in [5, 5.41) is 2.09. The average Bonchev–Trinajstić information content (AvgIpc) is 2.67. The Kier molecular flexibility index (Phi) is 6.79. The minimum Gasteiger partial charge on any atom is -0.406 e. The van der Waals surface area contributed by atoms with Crippen molar-refractivity contribution in [2.45, 2.75) is 25.1 Å². The second-order valence-corrected chi connectivity index (χ2v) is 8.77. The summed E-state index contributed by atoms with van der Waals surface area (Å²) in [6.07, 6.45) is -1.97. The molecule has 2 N–H and O–H groups in total. The molecule has 13 heteroatoms. The van der Waals surface area contributed by atoms with Crippen LogP contribution in [0.25, 0.3) is 11.1 Å². The summed E-state index contributed by atoms with van der Waals surface area (Å²) < 4.78 is 68.9. The number of carbonyl (C=O) groups is 1. The van der Waals surface area contributed by atoms with E-state index >= 15 is 0 Å². The number of alkyl halides is 3. The number of aryl methyl sites for hydroxylation is 1. The molecule has 0 atom stereocenters. The summed E-state index contributed by atoms with van der Waals surface area (Å²) in [4.78, 5) is 19.0. The summed E-state index contributed by atoms with van der Waals surface area (Å²) >= 11 is 5.91. The number of amides is 1. The van der Waals surface area contributed by atoms with Gasteiger partial charge in [0, 0.05) is 30.9 Å². The lowest BCUT2D eigenvalue weighted by Gasteiger charge is -2.14. The van der Waals surface area contributed by atoms with E-state index in [0.29, 0.717) is 22.6 Å². The predicted octanol–water partition coefficient (Wildman–Crippen LogP) is 4.76. The zero-order valence-corrected chi connectivity index (χ0v) is 18.6. The highest BCUT2D eigenvalue weighted by Crippen LogP contribution is 2.32. The van der Waals surface area contributed by atoms with E-state index in [1.54, 1.807) is 19.1 Å². The van der Waals surface area contributed by atoms with Crippen LogP contribution in [0, 0.1) is 6.92 Å². The lowest BCUT2D eigenvalue weighted by atomic mass is 10.1. The molecule has 0 aliphatic carbocycles. The SMILES string of the molecule is CC(=O)Nc1cc(-c2cnc(C)c(NS(=O)(=O)c3ccc(OC(F)(F)F)cc3Cl)c2)ccn1. The highest BCUT2D eigenvalue weighted by molar-refractivity contribution is 7.92. The number of rotatable bonds is 6. The highest BCUT2D eigenvalue weighted by Gasteiger charge is 2.31. The molecule has 1 amide bonds. The van der Waals surface area contributed by atoms with Gasteiger partial charge in [0.15, 0.2) is 0 Å². The molecule has 0 aliphatic rings. The zero-order chi connectivity index (χ0) is 24.4. The number of hydrogen-bond acceptors (Lipinski definition) is 6. The molecule has 0 bridgehead atoms. The van der Waals surface area contributed by atoms with E-state index < -0.39 is 32.1 Å². The van der Waals surface area contributed by atoms with Crippen LogP contribution in [0.15, 0.2) is 53.7 Å². The van der Waals surface area contributed by atoms with Crippen LogP contribution in [0.2, 0.25) is 5.02 Å². The number of aromatic nitrogens is 2. The topological polar surface area (TPSA) is 110 Å². The van der Waals surface area contributed by atoms with Gasteiger partial charge in [-0.3, -0.25) is 14.5 Å². The van der Waals surface area contributed by atoms with E-state index in [4.69, 9.17) is 11.6 Å². The van der Waals surface area contributed by atoms with Gasteiger partial charge in [0.1, 0.15) is 16.5 Å².